The minimum atomic E-state index is 0. The van der Waals surface area contributed by atoms with Crippen molar-refractivity contribution in [1.29, 1.82) is 0 Å². The molecule has 0 spiro atoms. The van der Waals surface area contributed by atoms with Crippen molar-refractivity contribution in [2.45, 2.75) is 0 Å². The van der Waals surface area contributed by atoms with Gasteiger partial charge >= 0.3 is 21.7 Å². The average Bonchev–Trinajstić information content (AvgIpc) is 0. The zero-order chi connectivity index (χ0) is 0. The van der Waals surface area contributed by atoms with E-state index < -0.39 is 0 Å². The van der Waals surface area contributed by atoms with Gasteiger partial charge in [0.05, 0.1) is 0 Å². The molecule has 0 rings (SSSR count). The third kappa shape index (κ3) is 36.5. The van der Waals surface area contributed by atoms with Crippen molar-refractivity contribution < 1.29 is 46.5 Å². The van der Waals surface area contributed by atoms with Gasteiger partial charge < -0.3 is 37.1 Å². The van der Waals surface area contributed by atoms with Gasteiger partial charge in [-0.2, -0.15) is 0 Å². The van der Waals surface area contributed by atoms with Gasteiger partial charge in [-0.25, -0.2) is 0 Å². The Hall–Kier alpha value is 1.21. The standard InChI is InChI=1S/2ClH.2H2N.Ti/h2*1H;2*1H2;/q;;2*-1;+4/p-2. The van der Waals surface area contributed by atoms with Crippen LogP contribution in [0.4, 0.5) is 0 Å². The number of hydrogen-bond donors (Lipinski definition) is 0. The van der Waals surface area contributed by atoms with E-state index in [0.29, 0.717) is 0 Å². The molecular formula is H4Cl2N2Ti. The molecule has 0 aliphatic carbocycles. The van der Waals surface area contributed by atoms with E-state index in [2.05, 4.69) is 0 Å². The van der Waals surface area contributed by atoms with Crippen LogP contribution in [0.2, 0.25) is 0 Å². The Kier molecular flexibility index (Phi) is 1440. The molecule has 32 valence electrons. The molecule has 0 aromatic heterocycles. The predicted octanol–water partition coefficient (Wildman–Crippen LogP) is -4.56. The Balaban J connectivity index is 0. The Bertz CT molecular complexity index is 7.61. The van der Waals surface area contributed by atoms with Crippen LogP contribution in [0.5, 0.6) is 0 Å². The van der Waals surface area contributed by atoms with E-state index in [-0.39, 0.29) is 58.8 Å². The van der Waals surface area contributed by atoms with Gasteiger partial charge in [0.2, 0.25) is 0 Å². The molecule has 0 atom stereocenters. The van der Waals surface area contributed by atoms with Crippen molar-refractivity contribution in [3.63, 3.8) is 0 Å². The minimum Gasteiger partial charge on any atom is -1.00 e. The molecule has 0 saturated carbocycles. The SMILES string of the molecule is [Cl-].[Cl-].[NH2-].[NH2-].[Ti+4]. The summed E-state index contributed by atoms with van der Waals surface area (Å²) in [7, 11) is 0. The van der Waals surface area contributed by atoms with Crippen LogP contribution in [0.1, 0.15) is 0 Å². The summed E-state index contributed by atoms with van der Waals surface area (Å²) in [5, 5.41) is 0. The maximum atomic E-state index is 0. The van der Waals surface area contributed by atoms with E-state index in [4.69, 9.17) is 0 Å². The summed E-state index contributed by atoms with van der Waals surface area (Å²) in [6, 6.07) is 0. The van der Waals surface area contributed by atoms with Crippen molar-refractivity contribution in [3.05, 3.63) is 12.3 Å². The largest absolute Gasteiger partial charge is 4.00 e. The van der Waals surface area contributed by atoms with E-state index in [0.717, 1.165) is 0 Å². The molecule has 4 N–H and O–H groups in total. The summed E-state index contributed by atoms with van der Waals surface area (Å²) in [5.41, 5.74) is 0. The molecule has 0 radical (unpaired) electrons. The molecule has 0 aromatic carbocycles. The van der Waals surface area contributed by atoms with E-state index in [1.165, 1.54) is 0 Å². The van der Waals surface area contributed by atoms with Crippen molar-refractivity contribution in [2.75, 3.05) is 0 Å². The Labute approximate surface area is 59.0 Å². The van der Waals surface area contributed by atoms with Crippen LogP contribution in [0.15, 0.2) is 0 Å². The van der Waals surface area contributed by atoms with Crippen molar-refractivity contribution in [1.82, 2.24) is 0 Å². The molecule has 0 unspecified atom stereocenters. The van der Waals surface area contributed by atoms with Gasteiger partial charge in [-0.15, -0.1) is 0 Å². The van der Waals surface area contributed by atoms with Gasteiger partial charge in [-0.05, 0) is 0 Å². The Morgan fingerprint density at radius 1 is 0.600 bits per heavy atom. The molecule has 0 bridgehead atoms. The van der Waals surface area contributed by atoms with Gasteiger partial charge in [0, 0.05) is 0 Å². The van der Waals surface area contributed by atoms with E-state index in [1.807, 2.05) is 0 Å². The average molecular weight is 151 g/mol. The maximum Gasteiger partial charge on any atom is 4.00 e. The van der Waals surface area contributed by atoms with Crippen LogP contribution < -0.4 is 24.8 Å². The predicted molar refractivity (Wildman–Crippen MR) is 10.6 cm³/mol. The van der Waals surface area contributed by atoms with Gasteiger partial charge in [-0.3, -0.25) is 0 Å². The van der Waals surface area contributed by atoms with Gasteiger partial charge in [0.1, 0.15) is 0 Å². The fraction of sp³-hybridized carbons (Fsp3) is 0. The molecule has 0 aromatic rings. The first-order valence-corrected chi connectivity index (χ1v) is 0. The zero-order valence-corrected chi connectivity index (χ0v) is 5.48. The Morgan fingerprint density at radius 2 is 0.600 bits per heavy atom. The number of halogens is 2. The summed E-state index contributed by atoms with van der Waals surface area (Å²) >= 11 is 0. The quantitative estimate of drug-likeness (QED) is 0.313. The zero-order valence-electron chi connectivity index (χ0n) is 2.41. The molecular weight excluding hydrogens is 147 g/mol. The van der Waals surface area contributed by atoms with Crippen molar-refractivity contribution in [2.24, 2.45) is 0 Å². The van der Waals surface area contributed by atoms with Crippen LogP contribution in [-0.2, 0) is 21.7 Å². The number of rotatable bonds is 0. The first-order valence-electron chi connectivity index (χ1n) is 0. The Morgan fingerprint density at radius 3 is 0.600 bits per heavy atom. The van der Waals surface area contributed by atoms with Crippen LogP contribution in [0.25, 0.3) is 12.3 Å². The molecule has 0 heterocycles. The van der Waals surface area contributed by atoms with E-state index in [9.17, 15) is 0 Å². The summed E-state index contributed by atoms with van der Waals surface area (Å²) in [4.78, 5) is 0. The van der Waals surface area contributed by atoms with Crippen molar-refractivity contribution >= 4 is 0 Å². The molecule has 5 heavy (non-hydrogen) atoms. The van der Waals surface area contributed by atoms with Gasteiger partial charge in [0.15, 0.2) is 0 Å². The number of nitrogens with two attached hydrogens (primary N) is 2. The summed E-state index contributed by atoms with van der Waals surface area (Å²) in [5.74, 6) is 0. The monoisotopic (exact) mass is 150 g/mol. The second-order valence-corrected chi connectivity index (χ2v) is 0. The summed E-state index contributed by atoms with van der Waals surface area (Å²) < 4.78 is 0. The van der Waals surface area contributed by atoms with Crippen molar-refractivity contribution in [3.8, 4) is 0 Å². The normalized spacial score (nSPS) is 0. The molecule has 0 aliphatic heterocycles. The fourth-order valence-corrected chi connectivity index (χ4v) is 0. The van der Waals surface area contributed by atoms with E-state index in [1.54, 1.807) is 0 Å². The molecule has 0 fully saturated rings. The van der Waals surface area contributed by atoms with Gasteiger partial charge in [0.25, 0.3) is 0 Å². The summed E-state index contributed by atoms with van der Waals surface area (Å²) in [6.45, 7) is 0. The topological polar surface area (TPSA) is 67.0 Å². The van der Waals surface area contributed by atoms with E-state index >= 15 is 0 Å². The molecule has 0 aliphatic rings. The van der Waals surface area contributed by atoms with Gasteiger partial charge in [-0.1, -0.05) is 0 Å². The van der Waals surface area contributed by atoms with Crippen LogP contribution in [0.3, 0.4) is 0 Å². The third-order valence-electron chi connectivity index (χ3n) is 0. The molecule has 0 amide bonds. The third-order valence-corrected chi connectivity index (χ3v) is 0. The number of hydrogen-bond acceptors (Lipinski definition) is 0. The summed E-state index contributed by atoms with van der Waals surface area (Å²) in [6.07, 6.45) is 0. The fourth-order valence-electron chi connectivity index (χ4n) is 0. The smallest absolute Gasteiger partial charge is 1.00 e. The second kappa shape index (κ2) is 62.8. The van der Waals surface area contributed by atoms with Crippen LogP contribution in [-0.4, -0.2) is 0 Å². The maximum absolute atomic E-state index is 0. The molecule has 0 saturated heterocycles. The molecule has 2 nitrogen and oxygen atoms in total. The van der Waals surface area contributed by atoms with Crippen LogP contribution >= 0.6 is 0 Å². The molecule has 5 heteroatoms. The second-order valence-electron chi connectivity index (χ2n) is 0. The first-order chi connectivity index (χ1) is 0. The van der Waals surface area contributed by atoms with Crippen LogP contribution in [0, 0.1) is 0 Å². The minimum absolute atomic E-state index is 0. The first kappa shape index (κ1) is 115.